The Labute approximate surface area is 164 Å². The minimum atomic E-state index is -0.366. The molecule has 142 valence electrons. The Bertz CT molecular complexity index is 1060. The van der Waals surface area contributed by atoms with Gasteiger partial charge in [0.15, 0.2) is 5.78 Å². The lowest BCUT2D eigenvalue weighted by Gasteiger charge is -2.12. The number of hydrogen-bond donors (Lipinski definition) is 2. The van der Waals surface area contributed by atoms with Crippen LogP contribution in [0.25, 0.3) is 0 Å². The van der Waals surface area contributed by atoms with Gasteiger partial charge < -0.3 is 10.6 Å². The van der Waals surface area contributed by atoms with E-state index in [1.807, 2.05) is 32.0 Å². The van der Waals surface area contributed by atoms with Gasteiger partial charge in [-0.15, -0.1) is 0 Å². The van der Waals surface area contributed by atoms with E-state index >= 15 is 0 Å². The van der Waals surface area contributed by atoms with Gasteiger partial charge in [0.25, 0.3) is 5.91 Å². The van der Waals surface area contributed by atoms with Crippen molar-refractivity contribution >= 4 is 28.9 Å². The molecule has 0 saturated carbocycles. The molecule has 2 N–H and O–H groups in total. The third kappa shape index (κ3) is 4.40. The third-order valence-corrected chi connectivity index (χ3v) is 4.46. The summed E-state index contributed by atoms with van der Waals surface area (Å²) in [5.41, 5.74) is 4.53. The number of benzene rings is 2. The van der Waals surface area contributed by atoms with Crippen LogP contribution in [-0.2, 0) is 0 Å². The van der Waals surface area contributed by atoms with E-state index in [-0.39, 0.29) is 17.4 Å². The molecule has 3 rings (SSSR count). The van der Waals surface area contributed by atoms with E-state index in [0.717, 1.165) is 11.3 Å². The number of carbonyl (C=O) groups is 2. The number of aryl methyl sites for hydroxylation is 2. The van der Waals surface area contributed by atoms with Crippen LogP contribution >= 0.6 is 0 Å². The monoisotopic (exact) mass is 374 g/mol. The molecule has 28 heavy (non-hydrogen) atoms. The smallest absolute Gasteiger partial charge is 0.274 e. The number of aromatic nitrogens is 2. The number of anilines is 3. The summed E-state index contributed by atoms with van der Waals surface area (Å²) in [5, 5.41) is 6.04. The Hall–Kier alpha value is -3.54. The number of rotatable bonds is 5. The van der Waals surface area contributed by atoms with Gasteiger partial charge >= 0.3 is 0 Å². The Balaban J connectivity index is 1.84. The average Bonchev–Trinajstić information content (AvgIpc) is 2.65. The van der Waals surface area contributed by atoms with E-state index in [4.69, 9.17) is 0 Å². The van der Waals surface area contributed by atoms with Gasteiger partial charge in [0.05, 0.1) is 0 Å². The molecule has 0 spiro atoms. The van der Waals surface area contributed by atoms with Gasteiger partial charge in [-0.3, -0.25) is 9.59 Å². The number of nitrogens with one attached hydrogen (secondary N) is 2. The second-order valence-electron chi connectivity index (χ2n) is 6.65. The summed E-state index contributed by atoms with van der Waals surface area (Å²) < 4.78 is 0. The van der Waals surface area contributed by atoms with Crippen molar-refractivity contribution in [3.63, 3.8) is 0 Å². The molecule has 0 aliphatic carbocycles. The van der Waals surface area contributed by atoms with Crippen molar-refractivity contribution in [2.75, 3.05) is 10.6 Å². The Morgan fingerprint density at radius 1 is 0.929 bits per heavy atom. The molecular weight excluding hydrogens is 352 g/mol. The van der Waals surface area contributed by atoms with Crippen LogP contribution in [0.3, 0.4) is 0 Å². The van der Waals surface area contributed by atoms with E-state index in [1.54, 1.807) is 37.3 Å². The van der Waals surface area contributed by atoms with Crippen molar-refractivity contribution in [2.45, 2.75) is 27.7 Å². The maximum atomic E-state index is 12.7. The molecule has 0 aliphatic rings. The van der Waals surface area contributed by atoms with E-state index in [2.05, 4.69) is 20.6 Å². The van der Waals surface area contributed by atoms with E-state index in [9.17, 15) is 9.59 Å². The predicted octanol–water partition coefficient (Wildman–Crippen LogP) is 4.60. The molecule has 6 heteroatoms. The first-order valence-electron chi connectivity index (χ1n) is 8.95. The van der Waals surface area contributed by atoms with Crippen molar-refractivity contribution < 1.29 is 9.59 Å². The van der Waals surface area contributed by atoms with Crippen molar-refractivity contribution in [3.05, 3.63) is 76.7 Å². The number of amides is 1. The zero-order chi connectivity index (χ0) is 20.3. The number of carbonyl (C=O) groups excluding carboxylic acids is 2. The molecule has 0 saturated heterocycles. The average molecular weight is 374 g/mol. The summed E-state index contributed by atoms with van der Waals surface area (Å²) >= 11 is 0. The normalized spacial score (nSPS) is 10.4. The lowest BCUT2D eigenvalue weighted by molar-refractivity contribution is 0.100. The highest BCUT2D eigenvalue weighted by Gasteiger charge is 2.12. The number of Topliss-reactive ketones (excluding diaryl/α,β-unsaturated/α-hetero) is 1. The first-order valence-corrected chi connectivity index (χ1v) is 8.95. The minimum Gasteiger partial charge on any atom is -0.340 e. The van der Waals surface area contributed by atoms with Crippen LogP contribution in [-0.4, -0.2) is 21.7 Å². The van der Waals surface area contributed by atoms with Crippen LogP contribution in [0.2, 0.25) is 0 Å². The fourth-order valence-corrected chi connectivity index (χ4v) is 2.78. The fourth-order valence-electron chi connectivity index (χ4n) is 2.78. The number of nitrogens with zero attached hydrogens (tertiary/aromatic N) is 2. The van der Waals surface area contributed by atoms with Crippen LogP contribution in [0.1, 0.15) is 44.7 Å². The topological polar surface area (TPSA) is 84.0 Å². The van der Waals surface area contributed by atoms with Crippen LogP contribution in [0.4, 0.5) is 17.2 Å². The van der Waals surface area contributed by atoms with Gasteiger partial charge in [-0.25, -0.2) is 9.97 Å². The second-order valence-corrected chi connectivity index (χ2v) is 6.65. The largest absolute Gasteiger partial charge is 0.340 e. The van der Waals surface area contributed by atoms with E-state index < -0.39 is 0 Å². The van der Waals surface area contributed by atoms with Crippen LogP contribution in [0.5, 0.6) is 0 Å². The third-order valence-electron chi connectivity index (χ3n) is 4.46. The van der Waals surface area contributed by atoms with Crippen molar-refractivity contribution in [1.82, 2.24) is 9.97 Å². The highest BCUT2D eigenvalue weighted by Crippen LogP contribution is 2.22. The Kier molecular flexibility index (Phi) is 5.49. The van der Waals surface area contributed by atoms with Gasteiger partial charge in [0.1, 0.15) is 17.3 Å². The molecule has 0 aliphatic heterocycles. The van der Waals surface area contributed by atoms with Crippen molar-refractivity contribution in [3.8, 4) is 0 Å². The molecule has 0 unspecified atom stereocenters. The molecule has 6 nitrogen and oxygen atoms in total. The summed E-state index contributed by atoms with van der Waals surface area (Å²) in [5.74, 6) is 0.603. The SMILES string of the molecule is CC(=O)c1cccc(NC(=O)c2cc(Nc3cccc(C)c3C)nc(C)n2)c1. The second kappa shape index (κ2) is 8.00. The van der Waals surface area contributed by atoms with Gasteiger partial charge in [-0.2, -0.15) is 0 Å². The van der Waals surface area contributed by atoms with Gasteiger partial charge in [-0.1, -0.05) is 24.3 Å². The van der Waals surface area contributed by atoms with Crippen molar-refractivity contribution in [1.29, 1.82) is 0 Å². The lowest BCUT2D eigenvalue weighted by Crippen LogP contribution is -2.15. The number of hydrogen-bond acceptors (Lipinski definition) is 5. The zero-order valence-corrected chi connectivity index (χ0v) is 16.3. The summed E-state index contributed by atoms with van der Waals surface area (Å²) in [6.45, 7) is 7.29. The molecule has 3 aromatic rings. The Morgan fingerprint density at radius 3 is 2.43 bits per heavy atom. The van der Waals surface area contributed by atoms with Crippen LogP contribution in [0, 0.1) is 20.8 Å². The fraction of sp³-hybridized carbons (Fsp3) is 0.182. The molecule has 0 bridgehead atoms. The van der Waals surface area contributed by atoms with Crippen molar-refractivity contribution in [2.24, 2.45) is 0 Å². The quantitative estimate of drug-likeness (QED) is 0.638. The van der Waals surface area contributed by atoms with Gasteiger partial charge in [0.2, 0.25) is 0 Å². The maximum absolute atomic E-state index is 12.7. The summed E-state index contributed by atoms with van der Waals surface area (Å²) in [6, 6.07) is 14.4. The van der Waals surface area contributed by atoms with Gasteiger partial charge in [-0.05, 0) is 57.0 Å². The standard InChI is InChI=1S/C22H22N4O2/c1-13-7-5-10-19(14(13)2)26-21-12-20(23-16(4)24-21)22(28)25-18-9-6-8-17(11-18)15(3)27/h5-12H,1-4H3,(H,25,28)(H,23,24,26). The maximum Gasteiger partial charge on any atom is 0.274 e. The molecular formula is C22H22N4O2. The number of ketones is 1. The summed E-state index contributed by atoms with van der Waals surface area (Å²) in [6.07, 6.45) is 0. The van der Waals surface area contributed by atoms with Crippen LogP contribution < -0.4 is 10.6 Å². The molecule has 0 radical (unpaired) electrons. The predicted molar refractivity (Wildman–Crippen MR) is 110 cm³/mol. The minimum absolute atomic E-state index is 0.0611. The van der Waals surface area contributed by atoms with E-state index in [0.29, 0.717) is 22.9 Å². The lowest BCUT2D eigenvalue weighted by atomic mass is 10.1. The molecule has 1 heterocycles. The molecule has 1 amide bonds. The first kappa shape index (κ1) is 19.2. The van der Waals surface area contributed by atoms with Gasteiger partial charge in [0, 0.05) is 23.0 Å². The summed E-state index contributed by atoms with van der Waals surface area (Å²) in [4.78, 5) is 32.8. The highest BCUT2D eigenvalue weighted by molar-refractivity contribution is 6.04. The summed E-state index contributed by atoms with van der Waals surface area (Å²) in [7, 11) is 0. The highest BCUT2D eigenvalue weighted by atomic mass is 16.2. The first-order chi connectivity index (χ1) is 13.3. The zero-order valence-electron chi connectivity index (χ0n) is 16.3. The Morgan fingerprint density at radius 2 is 1.68 bits per heavy atom. The molecule has 0 fully saturated rings. The van der Waals surface area contributed by atoms with E-state index in [1.165, 1.54) is 12.5 Å². The molecule has 0 atom stereocenters. The van der Waals surface area contributed by atoms with Crippen LogP contribution in [0.15, 0.2) is 48.5 Å². The molecule has 1 aromatic heterocycles. The molecule has 2 aromatic carbocycles.